The van der Waals surface area contributed by atoms with Gasteiger partial charge in [0.25, 0.3) is 0 Å². The van der Waals surface area contributed by atoms with Crippen molar-refractivity contribution in [1.29, 1.82) is 0 Å². The molecule has 0 unspecified atom stereocenters. The van der Waals surface area contributed by atoms with Gasteiger partial charge in [-0.2, -0.15) is 0 Å². The van der Waals surface area contributed by atoms with Crippen LogP contribution in [0.5, 0.6) is 0 Å². The second-order valence-corrected chi connectivity index (χ2v) is 4.14. The van der Waals surface area contributed by atoms with Crippen LogP contribution in [-0.4, -0.2) is 9.97 Å². The van der Waals surface area contributed by atoms with Crippen molar-refractivity contribution < 1.29 is 0 Å². The van der Waals surface area contributed by atoms with Crippen LogP contribution in [-0.2, 0) is 6.42 Å². The molecule has 0 spiro atoms. The zero-order chi connectivity index (χ0) is 9.90. The summed E-state index contributed by atoms with van der Waals surface area (Å²) in [5, 5.41) is 0. The summed E-state index contributed by atoms with van der Waals surface area (Å²) in [4.78, 5) is 7.93. The van der Waals surface area contributed by atoms with Gasteiger partial charge in [-0.05, 0) is 17.4 Å². The highest BCUT2D eigenvalue weighted by molar-refractivity contribution is 5.17. The summed E-state index contributed by atoms with van der Waals surface area (Å²) in [5.74, 6) is 0.345. The van der Waals surface area contributed by atoms with Crippen LogP contribution in [0.2, 0.25) is 0 Å². The molecule has 1 heterocycles. The highest BCUT2D eigenvalue weighted by atomic mass is 15.0. The minimum atomic E-state index is 0.319. The summed E-state index contributed by atoms with van der Waals surface area (Å²) < 4.78 is 0. The minimum absolute atomic E-state index is 0.319. The van der Waals surface area contributed by atoms with Crippen LogP contribution in [0.3, 0.4) is 0 Å². The molecule has 13 heavy (non-hydrogen) atoms. The largest absolute Gasteiger partial charge is 0.368 e. The number of nitrogens with zero attached hydrogens (tertiary/aromatic N) is 2. The Balaban J connectivity index is 2.69. The Morgan fingerprint density at radius 2 is 1.85 bits per heavy atom. The molecular formula is C10H17N3. The van der Waals surface area contributed by atoms with Crippen molar-refractivity contribution in [3.05, 3.63) is 18.0 Å². The first-order valence-electron chi connectivity index (χ1n) is 4.60. The lowest BCUT2D eigenvalue weighted by atomic mass is 9.84. The molecule has 0 aromatic carbocycles. The van der Waals surface area contributed by atoms with Crippen LogP contribution in [0.15, 0.2) is 12.4 Å². The Hall–Kier alpha value is -1.12. The maximum Gasteiger partial charge on any atom is 0.219 e. The molecule has 1 aromatic rings. The van der Waals surface area contributed by atoms with Crippen LogP contribution in [0.4, 0.5) is 5.95 Å². The molecule has 3 heteroatoms. The molecule has 0 fully saturated rings. The van der Waals surface area contributed by atoms with Gasteiger partial charge in [0.05, 0.1) is 0 Å². The zero-order valence-corrected chi connectivity index (χ0v) is 8.54. The number of hydrogen-bond donors (Lipinski definition) is 1. The topological polar surface area (TPSA) is 51.8 Å². The lowest BCUT2D eigenvalue weighted by molar-refractivity contribution is 0.348. The predicted octanol–water partition coefficient (Wildman–Crippen LogP) is 2.04. The van der Waals surface area contributed by atoms with Crippen molar-refractivity contribution in [3.63, 3.8) is 0 Å². The SMILES string of the molecule is CCC(C)(C)Cc1cnc(N)nc1. The van der Waals surface area contributed by atoms with E-state index in [1.54, 1.807) is 12.4 Å². The molecule has 0 saturated carbocycles. The second kappa shape index (κ2) is 3.73. The second-order valence-electron chi connectivity index (χ2n) is 4.14. The van der Waals surface area contributed by atoms with Gasteiger partial charge < -0.3 is 5.73 Å². The molecule has 0 saturated heterocycles. The molecule has 1 aromatic heterocycles. The number of anilines is 1. The molecule has 2 N–H and O–H groups in total. The summed E-state index contributed by atoms with van der Waals surface area (Å²) >= 11 is 0. The zero-order valence-electron chi connectivity index (χ0n) is 8.54. The highest BCUT2D eigenvalue weighted by Gasteiger charge is 2.15. The summed E-state index contributed by atoms with van der Waals surface area (Å²) in [6.07, 6.45) is 5.76. The third-order valence-corrected chi connectivity index (χ3v) is 2.37. The maximum atomic E-state index is 5.40. The number of nitrogen functional groups attached to an aromatic ring is 1. The molecule has 0 aliphatic rings. The summed E-state index contributed by atoms with van der Waals surface area (Å²) in [6, 6.07) is 0. The van der Waals surface area contributed by atoms with Crippen molar-refractivity contribution in [2.75, 3.05) is 5.73 Å². The van der Waals surface area contributed by atoms with Gasteiger partial charge in [-0.15, -0.1) is 0 Å². The molecule has 0 amide bonds. The first-order chi connectivity index (χ1) is 6.03. The average molecular weight is 179 g/mol. The van der Waals surface area contributed by atoms with Gasteiger partial charge in [0.1, 0.15) is 0 Å². The van der Waals surface area contributed by atoms with E-state index in [0.717, 1.165) is 18.4 Å². The summed E-state index contributed by atoms with van der Waals surface area (Å²) in [6.45, 7) is 6.67. The van der Waals surface area contributed by atoms with Gasteiger partial charge >= 0.3 is 0 Å². The van der Waals surface area contributed by atoms with Gasteiger partial charge in [-0.3, -0.25) is 0 Å². The fraction of sp³-hybridized carbons (Fsp3) is 0.600. The normalized spacial score (nSPS) is 11.6. The van der Waals surface area contributed by atoms with E-state index in [1.807, 2.05) is 0 Å². The van der Waals surface area contributed by atoms with Crippen LogP contribution < -0.4 is 5.73 Å². The first kappa shape index (κ1) is 9.96. The molecule has 3 nitrogen and oxygen atoms in total. The molecule has 0 bridgehead atoms. The van der Waals surface area contributed by atoms with E-state index in [1.165, 1.54) is 0 Å². The van der Waals surface area contributed by atoms with E-state index in [4.69, 9.17) is 5.73 Å². The summed E-state index contributed by atoms with van der Waals surface area (Å²) in [5.41, 5.74) is 6.87. The molecule has 0 atom stereocenters. The Morgan fingerprint density at radius 1 is 1.31 bits per heavy atom. The van der Waals surface area contributed by atoms with Crippen LogP contribution in [0.1, 0.15) is 32.8 Å². The Kier molecular flexibility index (Phi) is 2.86. The van der Waals surface area contributed by atoms with E-state index in [9.17, 15) is 0 Å². The average Bonchev–Trinajstić information content (AvgIpc) is 2.09. The van der Waals surface area contributed by atoms with E-state index in [-0.39, 0.29) is 0 Å². The van der Waals surface area contributed by atoms with Crippen LogP contribution >= 0.6 is 0 Å². The number of hydrogen-bond acceptors (Lipinski definition) is 3. The number of rotatable bonds is 3. The number of aromatic nitrogens is 2. The molecule has 72 valence electrons. The lowest BCUT2D eigenvalue weighted by Gasteiger charge is -2.21. The van der Waals surface area contributed by atoms with Crippen molar-refractivity contribution in [1.82, 2.24) is 9.97 Å². The first-order valence-corrected chi connectivity index (χ1v) is 4.60. The highest BCUT2D eigenvalue weighted by Crippen LogP contribution is 2.24. The van der Waals surface area contributed by atoms with Gasteiger partial charge in [0.15, 0.2) is 0 Å². The van der Waals surface area contributed by atoms with E-state index in [2.05, 4.69) is 30.7 Å². The predicted molar refractivity (Wildman–Crippen MR) is 54.2 cm³/mol. The van der Waals surface area contributed by atoms with Crippen LogP contribution in [0, 0.1) is 5.41 Å². The molecular weight excluding hydrogens is 162 g/mol. The van der Waals surface area contributed by atoms with Crippen molar-refractivity contribution in [2.45, 2.75) is 33.6 Å². The van der Waals surface area contributed by atoms with Crippen LogP contribution in [0.25, 0.3) is 0 Å². The van der Waals surface area contributed by atoms with Crippen molar-refractivity contribution in [3.8, 4) is 0 Å². The maximum absolute atomic E-state index is 5.40. The Bertz CT molecular complexity index is 264. The van der Waals surface area contributed by atoms with E-state index in [0.29, 0.717) is 11.4 Å². The Morgan fingerprint density at radius 3 is 2.31 bits per heavy atom. The number of nitrogens with two attached hydrogens (primary N) is 1. The van der Waals surface area contributed by atoms with Gasteiger partial charge in [0, 0.05) is 12.4 Å². The van der Waals surface area contributed by atoms with Crippen molar-refractivity contribution >= 4 is 5.95 Å². The fourth-order valence-electron chi connectivity index (χ4n) is 1.13. The molecule has 0 aliphatic carbocycles. The summed E-state index contributed by atoms with van der Waals surface area (Å²) in [7, 11) is 0. The molecule has 1 rings (SSSR count). The standard InChI is InChI=1S/C10H17N3/c1-4-10(2,3)5-8-6-12-9(11)13-7-8/h6-7H,4-5H2,1-3H3,(H2,11,12,13). The van der Waals surface area contributed by atoms with Crippen molar-refractivity contribution in [2.24, 2.45) is 5.41 Å². The monoisotopic (exact) mass is 179 g/mol. The van der Waals surface area contributed by atoms with E-state index >= 15 is 0 Å². The minimum Gasteiger partial charge on any atom is -0.368 e. The fourth-order valence-corrected chi connectivity index (χ4v) is 1.13. The van der Waals surface area contributed by atoms with E-state index < -0.39 is 0 Å². The lowest BCUT2D eigenvalue weighted by Crippen LogP contribution is -2.13. The van der Waals surface area contributed by atoms with Gasteiger partial charge in [0.2, 0.25) is 5.95 Å². The molecule has 0 aliphatic heterocycles. The molecule has 0 radical (unpaired) electrons. The third-order valence-electron chi connectivity index (χ3n) is 2.37. The third kappa shape index (κ3) is 3.01. The smallest absolute Gasteiger partial charge is 0.219 e. The Labute approximate surface area is 79.4 Å². The quantitative estimate of drug-likeness (QED) is 0.772. The van der Waals surface area contributed by atoms with Gasteiger partial charge in [-0.25, -0.2) is 9.97 Å². The van der Waals surface area contributed by atoms with Gasteiger partial charge in [-0.1, -0.05) is 27.2 Å².